The summed E-state index contributed by atoms with van der Waals surface area (Å²) in [6.07, 6.45) is 0. The van der Waals surface area contributed by atoms with Gasteiger partial charge in [0, 0.05) is 13.1 Å². The number of hydrogen-bond acceptors (Lipinski definition) is 8. The molecule has 0 radical (unpaired) electrons. The zero-order chi connectivity index (χ0) is 27.4. The first-order valence-corrected chi connectivity index (χ1v) is 11.4. The molecule has 2 rings (SSSR count). The molecule has 212 valence electrons. The molecule has 0 saturated heterocycles. The molecule has 0 aliphatic heterocycles. The minimum atomic E-state index is -1.22. The Morgan fingerprint density at radius 3 is 1.08 bits per heavy atom. The second kappa shape index (κ2) is 19.8. The van der Waals surface area contributed by atoms with Crippen LogP contribution in [0.1, 0.15) is 59.5 Å². The Hall–Kier alpha value is -3.22. The Morgan fingerprint density at radius 2 is 0.897 bits per heavy atom. The van der Waals surface area contributed by atoms with Crippen LogP contribution in [0, 0.1) is 11.8 Å². The molecule has 0 unspecified atom stereocenters. The molecular weight excluding hydrogens is 566 g/mol. The summed E-state index contributed by atoms with van der Waals surface area (Å²) >= 11 is 0. The topological polar surface area (TPSA) is 245 Å². The fourth-order valence-electron chi connectivity index (χ4n) is 3.19. The molecule has 0 fully saturated rings. The summed E-state index contributed by atoms with van der Waals surface area (Å²) < 4.78 is 0. The second-order valence-electron chi connectivity index (χ2n) is 8.85. The van der Waals surface area contributed by atoms with E-state index in [0.717, 1.165) is 11.1 Å². The molecule has 0 aliphatic rings. The molecule has 10 N–H and O–H groups in total. The van der Waals surface area contributed by atoms with Crippen LogP contribution in [0.5, 0.6) is 0 Å². The van der Waals surface area contributed by atoms with Gasteiger partial charge in [-0.05, 0) is 34.1 Å². The van der Waals surface area contributed by atoms with Crippen molar-refractivity contribution in [3.05, 3.63) is 70.8 Å². The molecule has 13 heteroatoms. The van der Waals surface area contributed by atoms with Crippen LogP contribution in [-0.2, 0) is 53.1 Å². The van der Waals surface area contributed by atoms with Crippen molar-refractivity contribution in [1.29, 1.82) is 0 Å². The smallest absolute Gasteiger partial charge is 0.545 e. The van der Waals surface area contributed by atoms with Crippen LogP contribution in [0.4, 0.5) is 0 Å². The Balaban J connectivity index is -0.000000617. The summed E-state index contributed by atoms with van der Waals surface area (Å²) in [5, 5.41) is 44.9. The van der Waals surface area contributed by atoms with Crippen molar-refractivity contribution in [3.8, 4) is 0 Å². The van der Waals surface area contributed by atoms with Gasteiger partial charge in [-0.2, -0.15) is 0 Å². The number of aromatic carboxylic acids is 2. The van der Waals surface area contributed by atoms with E-state index in [0.29, 0.717) is 13.1 Å². The van der Waals surface area contributed by atoms with Gasteiger partial charge in [0.15, 0.2) is 0 Å². The molecule has 0 heterocycles. The van der Waals surface area contributed by atoms with Crippen molar-refractivity contribution < 1.29 is 70.0 Å². The van der Waals surface area contributed by atoms with E-state index in [2.05, 4.69) is 10.6 Å². The van der Waals surface area contributed by atoms with Crippen molar-refractivity contribution in [2.45, 2.75) is 52.9 Å². The van der Waals surface area contributed by atoms with Crippen LogP contribution >= 0.6 is 0 Å². The van der Waals surface area contributed by atoms with Gasteiger partial charge in [0.2, 0.25) is 0 Å². The van der Waals surface area contributed by atoms with Gasteiger partial charge >= 0.3 is 31.4 Å². The van der Waals surface area contributed by atoms with E-state index >= 15 is 0 Å². The number of carbonyl (C=O) groups is 4. The summed E-state index contributed by atoms with van der Waals surface area (Å²) in [7, 11) is 0. The molecule has 0 spiro atoms. The van der Waals surface area contributed by atoms with E-state index < -0.39 is 36.0 Å². The molecular formula is C26H38N2O10Zn+2. The summed E-state index contributed by atoms with van der Waals surface area (Å²) in [5.74, 6) is -4.28. The molecule has 2 aromatic carbocycles. The third kappa shape index (κ3) is 14.5. The largest absolute Gasteiger partial charge is 2.00 e. The van der Waals surface area contributed by atoms with Crippen LogP contribution in [-0.4, -0.2) is 46.2 Å². The van der Waals surface area contributed by atoms with Gasteiger partial charge in [0.1, 0.15) is 12.1 Å². The molecule has 0 aromatic heterocycles. The molecule has 0 bridgehead atoms. The standard InChI is InChI=1S/2C13H17NO4.2H2O.Zn/c2*1-8(2)11(13(17)18)14-7-9-3-5-10(6-4-9)12(15)16;;;/h2*3-6,8,11,14H,7H2,1-2H3,(H,15,16)(H,17,18);2*1H2;/q;;;;+2/t2*11-;;;/m00.../s1. The van der Waals surface area contributed by atoms with Crippen LogP contribution < -0.4 is 20.8 Å². The third-order valence-corrected chi connectivity index (χ3v) is 5.30. The summed E-state index contributed by atoms with van der Waals surface area (Å²) in [6, 6.07) is 11.1. The van der Waals surface area contributed by atoms with Crippen molar-refractivity contribution in [3.63, 3.8) is 0 Å². The molecule has 2 atom stereocenters. The van der Waals surface area contributed by atoms with E-state index in [-0.39, 0.29) is 53.4 Å². The maximum absolute atomic E-state index is 11.0. The molecule has 39 heavy (non-hydrogen) atoms. The minimum Gasteiger partial charge on any atom is -0.545 e. The Labute approximate surface area is 239 Å². The van der Waals surface area contributed by atoms with Crippen LogP contribution in [0.15, 0.2) is 48.5 Å². The first kappa shape index (κ1) is 40.3. The van der Waals surface area contributed by atoms with Gasteiger partial charge in [-0.1, -0.05) is 76.2 Å². The zero-order valence-corrected chi connectivity index (χ0v) is 25.5. The summed E-state index contributed by atoms with van der Waals surface area (Å²) in [4.78, 5) is 43.0. The van der Waals surface area contributed by atoms with E-state index in [4.69, 9.17) is 10.2 Å². The summed E-state index contributed by atoms with van der Waals surface area (Å²) in [6.45, 7) is 8.05. The van der Waals surface area contributed by atoms with Crippen LogP contribution in [0.2, 0.25) is 0 Å². The van der Waals surface area contributed by atoms with E-state index in [1.807, 2.05) is 27.7 Å². The van der Waals surface area contributed by atoms with Crippen LogP contribution in [0.25, 0.3) is 0 Å². The number of rotatable bonds is 12. The minimum absolute atomic E-state index is 0. The van der Waals surface area contributed by atoms with Crippen LogP contribution in [0.3, 0.4) is 0 Å². The van der Waals surface area contributed by atoms with Crippen molar-refractivity contribution in [1.82, 2.24) is 10.6 Å². The van der Waals surface area contributed by atoms with Gasteiger partial charge < -0.3 is 51.6 Å². The number of benzene rings is 2. The van der Waals surface area contributed by atoms with Crippen molar-refractivity contribution >= 4 is 23.9 Å². The fraction of sp³-hybridized carbons (Fsp3) is 0.385. The van der Waals surface area contributed by atoms with Gasteiger partial charge in [0.25, 0.3) is 0 Å². The van der Waals surface area contributed by atoms with Gasteiger partial charge in [-0.15, -0.1) is 0 Å². The molecule has 0 aliphatic carbocycles. The quantitative estimate of drug-likeness (QED) is 0.164. The second-order valence-corrected chi connectivity index (χ2v) is 8.85. The van der Waals surface area contributed by atoms with Gasteiger partial charge in [0.05, 0.1) is 11.9 Å². The Bertz CT molecular complexity index is 945. The average Bonchev–Trinajstić information content (AvgIpc) is 2.79. The zero-order valence-electron chi connectivity index (χ0n) is 22.5. The van der Waals surface area contributed by atoms with Crippen molar-refractivity contribution in [2.24, 2.45) is 11.8 Å². The monoisotopic (exact) mass is 602 g/mol. The van der Waals surface area contributed by atoms with E-state index in [1.165, 1.54) is 24.3 Å². The SMILES string of the molecule is CC(C)[C@H](NCc1ccc(C(=O)[O-])cc1)C(=O)O.CC(C)[C@H](NCc1ccc(C(=O)[O-])cc1)C(=O)O.[OH3+].[OH3+].[Zn+2]. The first-order chi connectivity index (χ1) is 16.8. The third-order valence-electron chi connectivity index (χ3n) is 5.30. The number of hydrogen-bond donors (Lipinski definition) is 4. The van der Waals surface area contributed by atoms with Gasteiger partial charge in [-0.25, -0.2) is 0 Å². The number of nitrogens with one attached hydrogen (secondary N) is 2. The summed E-state index contributed by atoms with van der Waals surface area (Å²) in [5.41, 5.74) is 1.87. The first-order valence-electron chi connectivity index (χ1n) is 11.4. The predicted octanol–water partition coefficient (Wildman–Crippen LogP) is -1.35. The fourth-order valence-corrected chi connectivity index (χ4v) is 3.19. The van der Waals surface area contributed by atoms with E-state index in [1.54, 1.807) is 24.3 Å². The normalized spacial score (nSPS) is 11.4. The maximum atomic E-state index is 11.0. The van der Waals surface area contributed by atoms with Gasteiger partial charge in [-0.3, -0.25) is 9.59 Å². The number of carboxylic acid groups (broad SMARTS) is 4. The molecule has 12 nitrogen and oxygen atoms in total. The van der Waals surface area contributed by atoms with Crippen molar-refractivity contribution in [2.75, 3.05) is 0 Å². The number of carbonyl (C=O) groups excluding carboxylic acids is 2. The predicted molar refractivity (Wildman–Crippen MR) is 137 cm³/mol. The average molecular weight is 604 g/mol. The van der Waals surface area contributed by atoms with E-state index in [9.17, 15) is 29.4 Å². The molecule has 0 saturated carbocycles. The molecule has 0 amide bonds. The number of carboxylic acids is 4. The Morgan fingerprint density at radius 1 is 0.641 bits per heavy atom. The molecule has 2 aromatic rings. The number of aliphatic carboxylic acids is 2. The maximum Gasteiger partial charge on any atom is 2.00 e. The Kier molecular flexibility index (Phi) is 20.4.